The Morgan fingerprint density at radius 1 is 1.33 bits per heavy atom. The van der Waals surface area contributed by atoms with Crippen LogP contribution >= 0.6 is 0 Å². The Morgan fingerprint density at radius 3 is 2.80 bits per heavy atom. The second-order valence-electron chi connectivity index (χ2n) is 4.63. The van der Waals surface area contributed by atoms with Crippen molar-refractivity contribution < 1.29 is 4.59 Å². The van der Waals surface area contributed by atoms with Crippen molar-refractivity contribution in [2.45, 2.75) is 19.0 Å². The molecule has 2 nitrogen and oxygen atoms in total. The van der Waals surface area contributed by atoms with E-state index in [0.717, 1.165) is 23.7 Å². The lowest BCUT2D eigenvalue weighted by atomic mass is 10.2. The van der Waals surface area contributed by atoms with Gasteiger partial charge in [0.25, 0.3) is 0 Å². The summed E-state index contributed by atoms with van der Waals surface area (Å²) >= 11 is 0. The topological polar surface area (TPSA) is 3.24 Å². The van der Waals surface area contributed by atoms with Gasteiger partial charge in [-0.2, -0.15) is 0 Å². The summed E-state index contributed by atoms with van der Waals surface area (Å²) in [6.07, 6.45) is 1.19. The second kappa shape index (κ2) is 3.98. The summed E-state index contributed by atoms with van der Waals surface area (Å²) < 4.78 is 0.950. The quantitative estimate of drug-likeness (QED) is 0.554. The molecule has 1 aliphatic heterocycles. The average Bonchev–Trinajstić information content (AvgIpc) is 2.45. The molecule has 3 radical (unpaired) electrons. The van der Waals surface area contributed by atoms with Crippen molar-refractivity contribution >= 4 is 15.9 Å². The van der Waals surface area contributed by atoms with Crippen LogP contribution in [0, 0.1) is 0 Å². The Hall–Kier alpha value is -0.803. The molecule has 1 aromatic carbocycles. The molecule has 0 saturated carbocycles. The third-order valence-electron chi connectivity index (χ3n) is 3.03. The van der Waals surface area contributed by atoms with E-state index < -0.39 is 0 Å². The fourth-order valence-corrected chi connectivity index (χ4v) is 2.47. The van der Waals surface area contributed by atoms with Crippen molar-refractivity contribution in [3.63, 3.8) is 0 Å². The summed E-state index contributed by atoms with van der Waals surface area (Å²) in [4.78, 5) is 0. The molecule has 0 aliphatic carbocycles. The van der Waals surface area contributed by atoms with Crippen molar-refractivity contribution in [3.05, 3.63) is 29.8 Å². The van der Waals surface area contributed by atoms with E-state index in [0.29, 0.717) is 0 Å². The van der Waals surface area contributed by atoms with Crippen molar-refractivity contribution in [2.75, 3.05) is 25.6 Å². The van der Waals surface area contributed by atoms with Crippen LogP contribution < -0.4 is 5.01 Å². The number of hydrogen-bond donors (Lipinski definition) is 0. The minimum absolute atomic E-state index is 0.950. The summed E-state index contributed by atoms with van der Waals surface area (Å²) in [7, 11) is 8.09. The second-order valence-corrected chi connectivity index (χ2v) is 5.13. The average molecular weight is 218 g/mol. The number of benzene rings is 1. The highest BCUT2D eigenvalue weighted by Gasteiger charge is 2.35. The largest absolute Gasteiger partial charge is 0.224 e. The minimum atomic E-state index is 0.950. The predicted molar refractivity (Wildman–Crippen MR) is 64.8 cm³/mol. The fraction of sp³-hybridized carbons (Fsp3) is 0.500. The first-order valence-electron chi connectivity index (χ1n) is 5.48. The fourth-order valence-electron chi connectivity index (χ4n) is 2.31. The van der Waals surface area contributed by atoms with Gasteiger partial charge in [-0.3, -0.25) is 0 Å². The van der Waals surface area contributed by atoms with Crippen molar-refractivity contribution in [1.82, 2.24) is 0 Å². The van der Waals surface area contributed by atoms with Crippen LogP contribution in [-0.4, -0.2) is 35.5 Å². The lowest BCUT2D eigenvalue weighted by Crippen LogP contribution is -2.50. The number of para-hydroxylation sites is 1. The van der Waals surface area contributed by atoms with E-state index in [1.165, 1.54) is 17.7 Å². The van der Waals surface area contributed by atoms with Crippen LogP contribution in [0.4, 0.5) is 5.69 Å². The van der Waals surface area contributed by atoms with Crippen LogP contribution in [0.5, 0.6) is 0 Å². The molecular formula is C12H18N2Si+. The molecule has 0 saturated heterocycles. The summed E-state index contributed by atoms with van der Waals surface area (Å²) in [5.41, 5.74) is 2.87. The molecule has 1 aliphatic rings. The molecule has 0 amide bonds. The van der Waals surface area contributed by atoms with Gasteiger partial charge in [0, 0.05) is 15.8 Å². The molecule has 1 heterocycles. The molecule has 0 fully saturated rings. The Bertz CT molecular complexity index is 349. The van der Waals surface area contributed by atoms with Crippen molar-refractivity contribution in [1.29, 1.82) is 0 Å². The maximum absolute atomic E-state index is 3.55. The molecule has 79 valence electrons. The number of quaternary nitrogens is 1. The lowest BCUT2D eigenvalue weighted by Gasteiger charge is -2.35. The monoisotopic (exact) mass is 218 g/mol. The number of fused-ring (bicyclic) bond motifs is 1. The highest BCUT2D eigenvalue weighted by Crippen LogP contribution is 2.34. The number of rotatable bonds is 3. The van der Waals surface area contributed by atoms with Gasteiger partial charge >= 0.3 is 0 Å². The summed E-state index contributed by atoms with van der Waals surface area (Å²) in [5.74, 6) is 0. The highest BCUT2D eigenvalue weighted by molar-refractivity contribution is 6.08. The third kappa shape index (κ3) is 1.94. The smallest absolute Gasteiger partial charge is 0.129 e. The number of nitrogens with zero attached hydrogens (tertiary/aromatic N) is 2. The SMILES string of the molecule is C[N+]1(C)Cc2ccccc2N1CCC[Si]. The van der Waals surface area contributed by atoms with Gasteiger partial charge in [0.2, 0.25) is 0 Å². The first-order chi connectivity index (χ1) is 7.15. The van der Waals surface area contributed by atoms with Crippen LogP contribution in [0.1, 0.15) is 12.0 Å². The Morgan fingerprint density at radius 2 is 2.07 bits per heavy atom. The van der Waals surface area contributed by atoms with Crippen LogP contribution in [0.3, 0.4) is 0 Å². The molecular weight excluding hydrogens is 200 g/mol. The van der Waals surface area contributed by atoms with Gasteiger partial charge in [0.15, 0.2) is 0 Å². The standard InChI is InChI=1S/C12H18N2Si/c1-14(2)10-11-6-3-4-7-12(11)13(14)8-5-9-15/h3-4,6-7H,5,8-10H2,1-2H3/q+1. The van der Waals surface area contributed by atoms with E-state index in [1.807, 2.05) is 0 Å². The Balaban J connectivity index is 2.26. The van der Waals surface area contributed by atoms with E-state index in [-0.39, 0.29) is 0 Å². The third-order valence-corrected chi connectivity index (χ3v) is 3.38. The van der Waals surface area contributed by atoms with E-state index >= 15 is 0 Å². The van der Waals surface area contributed by atoms with E-state index in [2.05, 4.69) is 53.6 Å². The predicted octanol–water partition coefficient (Wildman–Crippen LogP) is 1.97. The maximum atomic E-state index is 3.55. The van der Waals surface area contributed by atoms with Crippen molar-refractivity contribution in [3.8, 4) is 0 Å². The van der Waals surface area contributed by atoms with Crippen LogP contribution in [0.15, 0.2) is 24.3 Å². The van der Waals surface area contributed by atoms with Gasteiger partial charge < -0.3 is 0 Å². The van der Waals surface area contributed by atoms with Gasteiger partial charge in [-0.05, 0) is 12.5 Å². The molecule has 2 rings (SSSR count). The number of hydrogen-bond acceptors (Lipinski definition) is 1. The molecule has 0 spiro atoms. The van der Waals surface area contributed by atoms with Crippen LogP contribution in [-0.2, 0) is 6.54 Å². The van der Waals surface area contributed by atoms with Gasteiger partial charge in [-0.1, -0.05) is 24.2 Å². The van der Waals surface area contributed by atoms with Gasteiger partial charge in [0.05, 0.1) is 26.3 Å². The molecule has 0 N–H and O–H groups in total. The first kappa shape index (κ1) is 10.7. The minimum Gasteiger partial charge on any atom is -0.224 e. The summed E-state index contributed by atoms with van der Waals surface area (Å²) in [6, 6.07) is 9.80. The van der Waals surface area contributed by atoms with Gasteiger partial charge in [-0.15, -0.1) is 0 Å². The van der Waals surface area contributed by atoms with E-state index in [4.69, 9.17) is 0 Å². The summed E-state index contributed by atoms with van der Waals surface area (Å²) in [6.45, 7) is 2.23. The highest BCUT2D eigenvalue weighted by atomic mass is 28.1. The van der Waals surface area contributed by atoms with Crippen molar-refractivity contribution in [2.24, 2.45) is 0 Å². The van der Waals surface area contributed by atoms with E-state index in [1.54, 1.807) is 0 Å². The lowest BCUT2D eigenvalue weighted by molar-refractivity contribution is -0.906. The normalized spacial score (nSPS) is 17.9. The zero-order chi connectivity index (χ0) is 10.9. The van der Waals surface area contributed by atoms with E-state index in [9.17, 15) is 0 Å². The maximum Gasteiger partial charge on any atom is 0.129 e. The molecule has 3 heteroatoms. The molecule has 0 unspecified atom stereocenters. The molecule has 0 atom stereocenters. The number of anilines is 1. The van der Waals surface area contributed by atoms with Crippen LogP contribution in [0.25, 0.3) is 0 Å². The van der Waals surface area contributed by atoms with Gasteiger partial charge in [0.1, 0.15) is 6.54 Å². The zero-order valence-electron chi connectivity index (χ0n) is 9.53. The molecule has 0 bridgehead atoms. The molecule has 15 heavy (non-hydrogen) atoms. The Labute approximate surface area is 95.5 Å². The molecule has 0 aromatic heterocycles. The van der Waals surface area contributed by atoms with Crippen LogP contribution in [0.2, 0.25) is 6.04 Å². The first-order valence-corrected chi connectivity index (χ1v) is 6.19. The Kier molecular flexibility index (Phi) is 2.84. The zero-order valence-corrected chi connectivity index (χ0v) is 10.5. The summed E-state index contributed by atoms with van der Waals surface area (Å²) in [5, 5.41) is 2.48. The molecule has 1 aromatic rings. The van der Waals surface area contributed by atoms with Gasteiger partial charge in [-0.25, -0.2) is 9.60 Å².